The minimum absolute atomic E-state index is 0.00160. The molecule has 4 nitrogen and oxygen atoms in total. The van der Waals surface area contributed by atoms with Crippen molar-refractivity contribution < 1.29 is 4.79 Å². The highest BCUT2D eigenvalue weighted by molar-refractivity contribution is 8.00. The molecule has 0 aliphatic heterocycles. The summed E-state index contributed by atoms with van der Waals surface area (Å²) in [5, 5.41) is 4.75. The van der Waals surface area contributed by atoms with E-state index in [9.17, 15) is 4.79 Å². The van der Waals surface area contributed by atoms with Gasteiger partial charge in [-0.2, -0.15) is 0 Å². The van der Waals surface area contributed by atoms with Gasteiger partial charge in [-0.25, -0.2) is 9.97 Å². The van der Waals surface area contributed by atoms with Crippen LogP contribution in [0.2, 0.25) is 0 Å². The van der Waals surface area contributed by atoms with Crippen molar-refractivity contribution in [2.24, 2.45) is 0 Å². The summed E-state index contributed by atoms with van der Waals surface area (Å²) < 4.78 is 0. The van der Waals surface area contributed by atoms with Gasteiger partial charge >= 0.3 is 0 Å². The number of hydrogen-bond donors (Lipinski definition) is 1. The van der Waals surface area contributed by atoms with Gasteiger partial charge in [-0.15, -0.1) is 0 Å². The van der Waals surface area contributed by atoms with Crippen LogP contribution in [0.4, 0.5) is 0 Å². The first-order valence-corrected chi connectivity index (χ1v) is 8.36. The molecule has 23 heavy (non-hydrogen) atoms. The predicted molar refractivity (Wildman–Crippen MR) is 93.3 cm³/mol. The molecule has 1 aromatic heterocycles. The third-order valence-electron chi connectivity index (χ3n) is 3.46. The van der Waals surface area contributed by atoms with Gasteiger partial charge in [0.1, 0.15) is 11.4 Å². The zero-order valence-electron chi connectivity index (χ0n) is 12.8. The van der Waals surface area contributed by atoms with Crippen molar-refractivity contribution in [2.45, 2.75) is 18.5 Å². The number of aryl methyl sites for hydroxylation is 1. The van der Waals surface area contributed by atoms with E-state index in [1.165, 1.54) is 23.7 Å². The smallest absolute Gasteiger partial charge is 0.230 e. The summed E-state index contributed by atoms with van der Waals surface area (Å²) in [6, 6.07) is 16.0. The van der Waals surface area contributed by atoms with E-state index in [1.807, 2.05) is 55.5 Å². The summed E-state index contributed by atoms with van der Waals surface area (Å²) in [4.78, 5) is 20.5. The lowest BCUT2D eigenvalue weighted by molar-refractivity contribution is -0.118. The molecule has 3 rings (SSSR count). The van der Waals surface area contributed by atoms with E-state index in [2.05, 4.69) is 15.3 Å². The van der Waals surface area contributed by atoms with Crippen LogP contribution < -0.4 is 5.32 Å². The van der Waals surface area contributed by atoms with E-state index >= 15 is 0 Å². The summed E-state index contributed by atoms with van der Waals surface area (Å²) >= 11 is 1.43. The van der Waals surface area contributed by atoms with E-state index in [0.717, 1.165) is 21.5 Å². The summed E-state index contributed by atoms with van der Waals surface area (Å²) in [6.07, 6.45) is 1.54. The molecule has 0 fully saturated rings. The highest BCUT2D eigenvalue weighted by Gasteiger charge is 2.07. The number of hydrogen-bond acceptors (Lipinski definition) is 4. The Hall–Kier alpha value is -2.40. The van der Waals surface area contributed by atoms with Gasteiger partial charge < -0.3 is 5.32 Å². The molecule has 0 saturated heterocycles. The fourth-order valence-corrected chi connectivity index (χ4v) is 3.01. The second kappa shape index (κ2) is 7.24. The Bertz CT molecular complexity index is 813. The second-order valence-corrected chi connectivity index (χ2v) is 6.21. The number of aromatic nitrogens is 2. The standard InChI is InChI=1S/C18H17N3OS/c1-13-6-8-14(9-7-13)10-19-17(22)11-23-18-15-4-2-3-5-16(15)20-12-21-18/h2-9,12H,10-11H2,1H3,(H,19,22). The molecule has 1 N–H and O–H groups in total. The van der Waals surface area contributed by atoms with Crippen LogP contribution in [0.5, 0.6) is 0 Å². The highest BCUT2D eigenvalue weighted by atomic mass is 32.2. The Labute approximate surface area is 139 Å². The average Bonchev–Trinajstić information content (AvgIpc) is 2.59. The number of carbonyl (C=O) groups is 1. The van der Waals surface area contributed by atoms with Crippen LogP contribution in [-0.4, -0.2) is 21.6 Å². The van der Waals surface area contributed by atoms with Crippen LogP contribution in [0.1, 0.15) is 11.1 Å². The predicted octanol–water partition coefficient (Wildman–Crippen LogP) is 3.35. The monoisotopic (exact) mass is 323 g/mol. The maximum Gasteiger partial charge on any atom is 0.230 e. The third kappa shape index (κ3) is 4.07. The Kier molecular flexibility index (Phi) is 4.88. The minimum Gasteiger partial charge on any atom is -0.351 e. The number of nitrogens with zero attached hydrogens (tertiary/aromatic N) is 2. The van der Waals surface area contributed by atoms with Crippen molar-refractivity contribution in [3.63, 3.8) is 0 Å². The van der Waals surface area contributed by atoms with E-state index in [-0.39, 0.29) is 5.91 Å². The van der Waals surface area contributed by atoms with E-state index in [0.29, 0.717) is 12.3 Å². The van der Waals surface area contributed by atoms with Gasteiger partial charge in [0.15, 0.2) is 0 Å². The lowest BCUT2D eigenvalue weighted by atomic mass is 10.1. The molecule has 0 saturated carbocycles. The van der Waals surface area contributed by atoms with Crippen molar-refractivity contribution in [1.29, 1.82) is 0 Å². The number of nitrogens with one attached hydrogen (secondary N) is 1. The average molecular weight is 323 g/mol. The molecule has 2 aromatic carbocycles. The number of amides is 1. The molecular formula is C18H17N3OS. The fraction of sp³-hybridized carbons (Fsp3) is 0.167. The molecule has 1 amide bonds. The van der Waals surface area contributed by atoms with Crippen LogP contribution >= 0.6 is 11.8 Å². The number of carbonyl (C=O) groups excluding carboxylic acids is 1. The highest BCUT2D eigenvalue weighted by Crippen LogP contribution is 2.23. The SMILES string of the molecule is Cc1ccc(CNC(=O)CSc2ncnc3ccccc23)cc1. The molecule has 116 valence electrons. The van der Waals surface area contributed by atoms with E-state index in [4.69, 9.17) is 0 Å². The minimum atomic E-state index is -0.00160. The number of benzene rings is 2. The van der Waals surface area contributed by atoms with Gasteiger partial charge in [-0.3, -0.25) is 4.79 Å². The van der Waals surface area contributed by atoms with Crippen molar-refractivity contribution in [3.05, 3.63) is 66.0 Å². The number of fused-ring (bicyclic) bond motifs is 1. The maximum atomic E-state index is 12.0. The normalized spacial score (nSPS) is 10.7. The first-order chi connectivity index (χ1) is 11.2. The molecule has 0 unspecified atom stereocenters. The Morgan fingerprint density at radius 2 is 1.87 bits per heavy atom. The Balaban J connectivity index is 1.57. The fourth-order valence-electron chi connectivity index (χ4n) is 2.19. The summed E-state index contributed by atoms with van der Waals surface area (Å²) in [6.45, 7) is 2.59. The second-order valence-electron chi connectivity index (χ2n) is 5.25. The van der Waals surface area contributed by atoms with E-state index in [1.54, 1.807) is 0 Å². The van der Waals surface area contributed by atoms with Gasteiger partial charge in [-0.1, -0.05) is 59.8 Å². The molecule has 3 aromatic rings. The van der Waals surface area contributed by atoms with Crippen LogP contribution in [0.15, 0.2) is 59.9 Å². The maximum absolute atomic E-state index is 12.0. The quantitative estimate of drug-likeness (QED) is 0.578. The molecule has 1 heterocycles. The van der Waals surface area contributed by atoms with Crippen molar-refractivity contribution >= 4 is 28.6 Å². The van der Waals surface area contributed by atoms with Crippen molar-refractivity contribution in [3.8, 4) is 0 Å². The first-order valence-electron chi connectivity index (χ1n) is 7.37. The Morgan fingerprint density at radius 3 is 2.70 bits per heavy atom. The van der Waals surface area contributed by atoms with Crippen molar-refractivity contribution in [2.75, 3.05) is 5.75 Å². The van der Waals surface area contributed by atoms with Crippen LogP contribution in [-0.2, 0) is 11.3 Å². The summed E-state index contributed by atoms with van der Waals surface area (Å²) in [5.41, 5.74) is 3.21. The lowest BCUT2D eigenvalue weighted by Crippen LogP contribution is -2.24. The van der Waals surface area contributed by atoms with Crippen molar-refractivity contribution in [1.82, 2.24) is 15.3 Å². The first kappa shape index (κ1) is 15.5. The molecular weight excluding hydrogens is 306 g/mol. The Morgan fingerprint density at radius 1 is 1.09 bits per heavy atom. The van der Waals surface area contributed by atoms with Gasteiger partial charge in [0.2, 0.25) is 5.91 Å². The van der Waals surface area contributed by atoms with E-state index < -0.39 is 0 Å². The molecule has 0 aliphatic rings. The van der Waals surface area contributed by atoms with Gasteiger partial charge in [0.25, 0.3) is 0 Å². The number of rotatable bonds is 5. The lowest BCUT2D eigenvalue weighted by Gasteiger charge is -2.07. The van der Waals surface area contributed by atoms with Crippen LogP contribution in [0.3, 0.4) is 0 Å². The molecule has 0 aliphatic carbocycles. The number of para-hydroxylation sites is 1. The third-order valence-corrected chi connectivity index (χ3v) is 4.46. The van der Waals surface area contributed by atoms with Crippen LogP contribution in [0.25, 0.3) is 10.9 Å². The van der Waals surface area contributed by atoms with Gasteiger partial charge in [0, 0.05) is 11.9 Å². The zero-order chi connectivity index (χ0) is 16.1. The number of thioether (sulfide) groups is 1. The molecule has 5 heteroatoms. The molecule has 0 bridgehead atoms. The van der Waals surface area contributed by atoms with Gasteiger partial charge in [0.05, 0.1) is 11.3 Å². The molecule has 0 spiro atoms. The topological polar surface area (TPSA) is 54.9 Å². The molecule has 0 radical (unpaired) electrons. The summed E-state index contributed by atoms with van der Waals surface area (Å²) in [7, 11) is 0. The van der Waals surface area contributed by atoms with Crippen LogP contribution in [0, 0.1) is 6.92 Å². The molecule has 0 atom stereocenters. The largest absolute Gasteiger partial charge is 0.351 e. The van der Waals surface area contributed by atoms with Gasteiger partial charge in [-0.05, 0) is 18.6 Å². The zero-order valence-corrected chi connectivity index (χ0v) is 13.6. The summed E-state index contributed by atoms with van der Waals surface area (Å²) in [5.74, 6) is 0.339.